The van der Waals surface area contributed by atoms with Crippen molar-refractivity contribution >= 4 is 5.91 Å². The van der Waals surface area contributed by atoms with Crippen molar-refractivity contribution in [1.29, 1.82) is 0 Å². The second kappa shape index (κ2) is 6.87. The highest BCUT2D eigenvalue weighted by Crippen LogP contribution is 2.54. The molecule has 0 spiro atoms. The molecular weight excluding hydrogens is 316 g/mol. The van der Waals surface area contributed by atoms with Crippen LogP contribution in [-0.2, 0) is 16.6 Å². The number of fused-ring (bicyclic) bond motifs is 3. The van der Waals surface area contributed by atoms with Gasteiger partial charge in [-0.25, -0.2) is 0 Å². The zero-order valence-electron chi connectivity index (χ0n) is 15.7. The quantitative estimate of drug-likeness (QED) is 0.880. The first kappa shape index (κ1) is 18.1. The van der Waals surface area contributed by atoms with E-state index in [2.05, 4.69) is 31.3 Å². The molecule has 3 rings (SSSR count). The molecule has 5 heteroatoms. The standard InChI is InChI=1S/C20H30N2O3/c1-12-10-20(2)15-8-18(25-4)17(24-3)7-13(15)5-6-22-19(23)9-16(20)14(12)11-21/h7-8,12,14,16H,5-6,9-11,21H2,1-4H3,(H,22,23)/t12-,14+,16?,20?/m0/s1. The summed E-state index contributed by atoms with van der Waals surface area (Å²) >= 11 is 0. The van der Waals surface area contributed by atoms with Crippen LogP contribution in [0.15, 0.2) is 12.1 Å². The van der Waals surface area contributed by atoms with Gasteiger partial charge in [0.05, 0.1) is 14.2 Å². The average Bonchev–Trinajstić information content (AvgIpc) is 2.85. The third-order valence-electron chi connectivity index (χ3n) is 6.43. The molecule has 4 atom stereocenters. The Morgan fingerprint density at radius 1 is 1.28 bits per heavy atom. The Hall–Kier alpha value is -1.75. The molecule has 1 aliphatic carbocycles. The summed E-state index contributed by atoms with van der Waals surface area (Å²) in [4.78, 5) is 12.4. The van der Waals surface area contributed by atoms with Gasteiger partial charge in [-0.2, -0.15) is 0 Å². The van der Waals surface area contributed by atoms with Gasteiger partial charge in [0.25, 0.3) is 0 Å². The normalized spacial score (nSPS) is 31.9. The van der Waals surface area contributed by atoms with Crippen molar-refractivity contribution in [3.05, 3.63) is 23.3 Å². The van der Waals surface area contributed by atoms with Crippen LogP contribution in [0, 0.1) is 17.8 Å². The van der Waals surface area contributed by atoms with Crippen molar-refractivity contribution in [2.24, 2.45) is 23.5 Å². The van der Waals surface area contributed by atoms with E-state index < -0.39 is 0 Å². The fourth-order valence-corrected chi connectivity index (χ4v) is 5.19. The largest absolute Gasteiger partial charge is 0.493 e. The number of nitrogens with two attached hydrogens (primary N) is 1. The van der Waals surface area contributed by atoms with Crippen LogP contribution in [0.4, 0.5) is 0 Å². The van der Waals surface area contributed by atoms with Gasteiger partial charge >= 0.3 is 0 Å². The summed E-state index contributed by atoms with van der Waals surface area (Å²) in [6, 6.07) is 4.21. The maximum absolute atomic E-state index is 12.4. The zero-order valence-corrected chi connectivity index (χ0v) is 15.7. The molecule has 0 saturated heterocycles. The lowest BCUT2D eigenvalue weighted by atomic mass is 9.69. The van der Waals surface area contributed by atoms with Gasteiger partial charge in [-0.15, -0.1) is 0 Å². The summed E-state index contributed by atoms with van der Waals surface area (Å²) in [6.45, 7) is 5.83. The van der Waals surface area contributed by atoms with Crippen molar-refractivity contribution in [3.63, 3.8) is 0 Å². The average molecular weight is 346 g/mol. The van der Waals surface area contributed by atoms with Crippen molar-refractivity contribution in [2.75, 3.05) is 27.3 Å². The van der Waals surface area contributed by atoms with Crippen LogP contribution in [0.5, 0.6) is 11.5 Å². The molecule has 0 radical (unpaired) electrons. The molecule has 1 aliphatic heterocycles. The summed E-state index contributed by atoms with van der Waals surface area (Å²) in [7, 11) is 3.33. The predicted molar refractivity (Wildman–Crippen MR) is 98.0 cm³/mol. The molecule has 1 saturated carbocycles. The minimum Gasteiger partial charge on any atom is -0.493 e. The molecule has 138 valence electrons. The predicted octanol–water partition coefficient (Wildman–Crippen LogP) is 2.25. The van der Waals surface area contributed by atoms with Gasteiger partial charge in [0.15, 0.2) is 11.5 Å². The number of ether oxygens (including phenoxy) is 2. The van der Waals surface area contributed by atoms with Gasteiger partial charge in [0.1, 0.15) is 0 Å². The van der Waals surface area contributed by atoms with E-state index in [4.69, 9.17) is 15.2 Å². The van der Waals surface area contributed by atoms with E-state index in [0.717, 1.165) is 24.3 Å². The Morgan fingerprint density at radius 3 is 2.60 bits per heavy atom. The minimum atomic E-state index is -0.0833. The van der Waals surface area contributed by atoms with E-state index in [1.807, 2.05) is 0 Å². The molecule has 0 aromatic heterocycles. The van der Waals surface area contributed by atoms with Crippen LogP contribution in [-0.4, -0.2) is 33.2 Å². The second-order valence-electron chi connectivity index (χ2n) is 7.77. The molecule has 1 aromatic carbocycles. The highest BCUT2D eigenvalue weighted by Gasteiger charge is 2.51. The topological polar surface area (TPSA) is 73.6 Å². The Balaban J connectivity index is 2.18. The molecule has 1 heterocycles. The lowest BCUT2D eigenvalue weighted by molar-refractivity contribution is -0.122. The third-order valence-corrected chi connectivity index (χ3v) is 6.43. The fourth-order valence-electron chi connectivity index (χ4n) is 5.19. The van der Waals surface area contributed by atoms with Crippen molar-refractivity contribution in [2.45, 2.75) is 38.5 Å². The first-order valence-corrected chi connectivity index (χ1v) is 9.16. The maximum Gasteiger partial charge on any atom is 0.220 e. The van der Waals surface area contributed by atoms with E-state index in [-0.39, 0.29) is 17.2 Å². The van der Waals surface area contributed by atoms with Gasteiger partial charge < -0.3 is 20.5 Å². The fraction of sp³-hybridized carbons (Fsp3) is 0.650. The number of carbonyl (C=O) groups excluding carboxylic acids is 1. The lowest BCUT2D eigenvalue weighted by Gasteiger charge is -2.35. The van der Waals surface area contributed by atoms with E-state index in [0.29, 0.717) is 31.3 Å². The van der Waals surface area contributed by atoms with Gasteiger partial charge in [0.2, 0.25) is 5.91 Å². The smallest absolute Gasteiger partial charge is 0.220 e. The van der Waals surface area contributed by atoms with Crippen LogP contribution in [0.25, 0.3) is 0 Å². The summed E-state index contributed by atoms with van der Waals surface area (Å²) < 4.78 is 11.1. The van der Waals surface area contributed by atoms with Crippen molar-refractivity contribution < 1.29 is 14.3 Å². The first-order chi connectivity index (χ1) is 11.9. The van der Waals surface area contributed by atoms with Crippen LogP contribution in [0.2, 0.25) is 0 Å². The third kappa shape index (κ3) is 2.99. The summed E-state index contributed by atoms with van der Waals surface area (Å²) in [5.41, 5.74) is 8.55. The number of benzene rings is 1. The molecule has 5 nitrogen and oxygen atoms in total. The molecule has 1 aromatic rings. The van der Waals surface area contributed by atoms with Crippen LogP contribution < -0.4 is 20.5 Å². The molecule has 1 fully saturated rings. The Bertz CT molecular complexity index is 661. The van der Waals surface area contributed by atoms with Gasteiger partial charge in [-0.3, -0.25) is 4.79 Å². The lowest BCUT2D eigenvalue weighted by Crippen LogP contribution is -2.36. The van der Waals surface area contributed by atoms with Crippen LogP contribution in [0.1, 0.15) is 37.8 Å². The Morgan fingerprint density at radius 2 is 1.96 bits per heavy atom. The van der Waals surface area contributed by atoms with Crippen LogP contribution >= 0.6 is 0 Å². The number of amides is 1. The second-order valence-corrected chi connectivity index (χ2v) is 7.77. The van der Waals surface area contributed by atoms with E-state index in [1.165, 1.54) is 11.1 Å². The van der Waals surface area contributed by atoms with Crippen molar-refractivity contribution in [3.8, 4) is 11.5 Å². The van der Waals surface area contributed by atoms with Crippen LogP contribution in [0.3, 0.4) is 0 Å². The number of rotatable bonds is 3. The number of carbonyl (C=O) groups is 1. The summed E-state index contributed by atoms with van der Waals surface area (Å²) in [6.07, 6.45) is 2.37. The van der Waals surface area contributed by atoms with E-state index in [9.17, 15) is 4.79 Å². The number of hydrogen-bond donors (Lipinski definition) is 2. The van der Waals surface area contributed by atoms with Gasteiger partial charge in [-0.05, 0) is 65.8 Å². The van der Waals surface area contributed by atoms with Gasteiger partial charge in [-0.1, -0.05) is 13.8 Å². The molecule has 25 heavy (non-hydrogen) atoms. The molecule has 0 bridgehead atoms. The number of methoxy groups -OCH3 is 2. The van der Waals surface area contributed by atoms with E-state index in [1.54, 1.807) is 14.2 Å². The maximum atomic E-state index is 12.4. The molecule has 2 unspecified atom stereocenters. The number of nitrogens with one attached hydrogen (secondary N) is 1. The Labute approximate surface area is 150 Å². The molecule has 1 amide bonds. The minimum absolute atomic E-state index is 0.0833. The van der Waals surface area contributed by atoms with Gasteiger partial charge in [0, 0.05) is 13.0 Å². The Kier molecular flexibility index (Phi) is 4.96. The molecule has 2 aliphatic rings. The summed E-state index contributed by atoms with van der Waals surface area (Å²) in [5, 5.41) is 3.07. The molecular formula is C20H30N2O3. The number of hydrogen-bond acceptors (Lipinski definition) is 4. The monoisotopic (exact) mass is 346 g/mol. The highest BCUT2D eigenvalue weighted by molar-refractivity contribution is 5.76. The first-order valence-electron chi connectivity index (χ1n) is 9.16. The van der Waals surface area contributed by atoms with Crippen molar-refractivity contribution in [1.82, 2.24) is 5.32 Å². The highest BCUT2D eigenvalue weighted by atomic mass is 16.5. The SMILES string of the molecule is COc1cc2c(cc1OC)C1(C)C[C@H](C)[C@@H](CN)C1CC(=O)NCC2. The van der Waals surface area contributed by atoms with E-state index >= 15 is 0 Å². The summed E-state index contributed by atoms with van der Waals surface area (Å²) in [5.74, 6) is 2.72. The zero-order chi connectivity index (χ0) is 18.2. The molecule has 3 N–H and O–H groups in total.